The van der Waals surface area contributed by atoms with Crippen LogP contribution in [0.4, 0.5) is 13.2 Å². The van der Waals surface area contributed by atoms with Gasteiger partial charge in [-0.05, 0) is 30.3 Å². The van der Waals surface area contributed by atoms with Gasteiger partial charge >= 0.3 is 6.18 Å². The fourth-order valence-corrected chi connectivity index (χ4v) is 2.12. The second-order valence-corrected chi connectivity index (χ2v) is 4.64. The summed E-state index contributed by atoms with van der Waals surface area (Å²) < 4.78 is 38.3. The van der Waals surface area contributed by atoms with Crippen LogP contribution in [-0.4, -0.2) is 15.0 Å². The zero-order valence-corrected chi connectivity index (χ0v) is 11.2. The van der Waals surface area contributed by atoms with E-state index in [1.54, 1.807) is 24.4 Å². The molecular weight excluding hydrogens is 303 g/mol. The maximum absolute atomic E-state index is 12.8. The van der Waals surface area contributed by atoms with E-state index in [1.807, 2.05) is 0 Å². The van der Waals surface area contributed by atoms with Crippen LogP contribution in [0.3, 0.4) is 0 Å². The Labute approximate surface area is 122 Å². The van der Waals surface area contributed by atoms with Crippen LogP contribution in [-0.2, 0) is 6.18 Å². The monoisotopic (exact) mass is 309 g/mol. The average molecular weight is 310 g/mol. The predicted molar refractivity (Wildman–Crippen MR) is 72.8 cm³/mol. The van der Waals surface area contributed by atoms with E-state index >= 15 is 0 Å². The summed E-state index contributed by atoms with van der Waals surface area (Å²) >= 11 is 6.02. The van der Waals surface area contributed by atoms with Gasteiger partial charge in [0.25, 0.3) is 0 Å². The molecule has 3 rings (SSSR count). The van der Waals surface area contributed by atoms with Crippen molar-refractivity contribution >= 4 is 22.5 Å². The van der Waals surface area contributed by atoms with Crippen LogP contribution < -0.4 is 0 Å². The highest BCUT2D eigenvalue weighted by molar-refractivity contribution is 6.34. The Balaban J connectivity index is 2.22. The van der Waals surface area contributed by atoms with Crippen molar-refractivity contribution in [2.24, 2.45) is 0 Å². The van der Waals surface area contributed by atoms with Crippen LogP contribution >= 0.6 is 11.6 Å². The van der Waals surface area contributed by atoms with Crippen molar-refractivity contribution < 1.29 is 13.2 Å². The Morgan fingerprint density at radius 2 is 1.81 bits per heavy atom. The molecule has 0 atom stereocenters. The van der Waals surface area contributed by atoms with Gasteiger partial charge in [-0.1, -0.05) is 17.7 Å². The standard InChI is InChI=1S/C14H7ClF3N3/c15-12-9-5-4-8(14(16,17)18)7-11(9)20-13(21-12)10-3-1-2-6-19-10/h1-7H. The minimum Gasteiger partial charge on any atom is -0.253 e. The summed E-state index contributed by atoms with van der Waals surface area (Å²) in [6, 6.07) is 8.28. The summed E-state index contributed by atoms with van der Waals surface area (Å²) in [5.41, 5.74) is -0.207. The Kier molecular flexibility index (Phi) is 3.25. The molecule has 0 amide bonds. The van der Waals surface area contributed by atoms with Crippen LogP contribution in [0, 0.1) is 0 Å². The molecule has 0 aliphatic heterocycles. The number of fused-ring (bicyclic) bond motifs is 1. The van der Waals surface area contributed by atoms with E-state index in [4.69, 9.17) is 11.6 Å². The van der Waals surface area contributed by atoms with Gasteiger partial charge in [0.2, 0.25) is 0 Å². The Hall–Kier alpha value is -2.21. The quantitative estimate of drug-likeness (QED) is 0.627. The number of hydrogen-bond donors (Lipinski definition) is 0. The summed E-state index contributed by atoms with van der Waals surface area (Å²) in [6.07, 6.45) is -2.89. The molecule has 0 N–H and O–H groups in total. The first-order valence-electron chi connectivity index (χ1n) is 5.91. The van der Waals surface area contributed by atoms with E-state index in [9.17, 15) is 13.2 Å². The van der Waals surface area contributed by atoms with Crippen LogP contribution in [0.2, 0.25) is 5.15 Å². The molecule has 0 saturated carbocycles. The molecule has 1 aromatic carbocycles. The number of halogens is 4. The van der Waals surface area contributed by atoms with Crippen molar-refractivity contribution in [3.63, 3.8) is 0 Å². The number of nitrogens with zero attached hydrogens (tertiary/aromatic N) is 3. The molecule has 2 heterocycles. The molecule has 21 heavy (non-hydrogen) atoms. The zero-order chi connectivity index (χ0) is 15.0. The summed E-state index contributed by atoms with van der Waals surface area (Å²) in [7, 11) is 0. The number of aromatic nitrogens is 3. The second-order valence-electron chi connectivity index (χ2n) is 4.28. The third kappa shape index (κ3) is 2.67. The third-order valence-electron chi connectivity index (χ3n) is 2.87. The molecule has 0 unspecified atom stereocenters. The third-order valence-corrected chi connectivity index (χ3v) is 3.16. The molecule has 0 spiro atoms. The lowest BCUT2D eigenvalue weighted by Crippen LogP contribution is -2.05. The van der Waals surface area contributed by atoms with Gasteiger partial charge in [0, 0.05) is 11.6 Å². The first-order valence-corrected chi connectivity index (χ1v) is 6.29. The predicted octanol–water partition coefficient (Wildman–Crippen LogP) is 4.36. The van der Waals surface area contributed by atoms with Gasteiger partial charge < -0.3 is 0 Å². The molecule has 0 fully saturated rings. The van der Waals surface area contributed by atoms with Crippen molar-refractivity contribution in [1.29, 1.82) is 0 Å². The van der Waals surface area contributed by atoms with Gasteiger partial charge in [-0.3, -0.25) is 4.98 Å². The normalized spacial score (nSPS) is 11.8. The van der Waals surface area contributed by atoms with E-state index in [0.717, 1.165) is 12.1 Å². The minimum atomic E-state index is -4.43. The summed E-state index contributed by atoms with van der Waals surface area (Å²) in [6.45, 7) is 0. The van der Waals surface area contributed by atoms with E-state index in [1.165, 1.54) is 6.07 Å². The molecular formula is C14H7ClF3N3. The lowest BCUT2D eigenvalue weighted by molar-refractivity contribution is -0.137. The largest absolute Gasteiger partial charge is 0.416 e. The molecule has 2 aromatic heterocycles. The van der Waals surface area contributed by atoms with Crippen LogP contribution in [0.25, 0.3) is 22.4 Å². The van der Waals surface area contributed by atoms with Gasteiger partial charge in [0.15, 0.2) is 5.82 Å². The highest BCUT2D eigenvalue weighted by Gasteiger charge is 2.30. The van der Waals surface area contributed by atoms with Crippen LogP contribution in [0.1, 0.15) is 5.56 Å². The van der Waals surface area contributed by atoms with Crippen molar-refractivity contribution in [3.8, 4) is 11.5 Å². The summed E-state index contributed by atoms with van der Waals surface area (Å²) in [4.78, 5) is 12.3. The number of benzene rings is 1. The molecule has 3 nitrogen and oxygen atoms in total. The van der Waals surface area contributed by atoms with Crippen LogP contribution in [0.5, 0.6) is 0 Å². The minimum absolute atomic E-state index is 0.0920. The van der Waals surface area contributed by atoms with Crippen molar-refractivity contribution in [1.82, 2.24) is 15.0 Å². The van der Waals surface area contributed by atoms with Crippen molar-refractivity contribution in [3.05, 3.63) is 53.3 Å². The SMILES string of the molecule is FC(F)(F)c1ccc2c(Cl)nc(-c3ccccn3)nc2c1. The lowest BCUT2D eigenvalue weighted by Gasteiger charge is -2.09. The Morgan fingerprint density at radius 1 is 1.00 bits per heavy atom. The van der Waals surface area contributed by atoms with E-state index < -0.39 is 11.7 Å². The number of pyridine rings is 1. The van der Waals surface area contributed by atoms with Crippen LogP contribution in [0.15, 0.2) is 42.6 Å². The van der Waals surface area contributed by atoms with Gasteiger partial charge in [-0.15, -0.1) is 0 Å². The molecule has 0 saturated heterocycles. The van der Waals surface area contributed by atoms with E-state index in [2.05, 4.69) is 15.0 Å². The highest BCUT2D eigenvalue weighted by atomic mass is 35.5. The fourth-order valence-electron chi connectivity index (χ4n) is 1.88. The van der Waals surface area contributed by atoms with Gasteiger partial charge in [-0.2, -0.15) is 13.2 Å². The first kappa shape index (κ1) is 13.8. The van der Waals surface area contributed by atoms with E-state index in [0.29, 0.717) is 11.1 Å². The van der Waals surface area contributed by atoms with E-state index in [-0.39, 0.29) is 16.5 Å². The smallest absolute Gasteiger partial charge is 0.253 e. The van der Waals surface area contributed by atoms with Gasteiger partial charge in [-0.25, -0.2) is 9.97 Å². The number of alkyl halides is 3. The second kappa shape index (κ2) is 4.96. The van der Waals surface area contributed by atoms with Gasteiger partial charge in [0.1, 0.15) is 10.8 Å². The summed E-state index contributed by atoms with van der Waals surface area (Å²) in [5, 5.41) is 0.457. The molecule has 0 aliphatic carbocycles. The molecule has 7 heteroatoms. The van der Waals surface area contributed by atoms with Gasteiger partial charge in [0.05, 0.1) is 11.1 Å². The lowest BCUT2D eigenvalue weighted by atomic mass is 10.1. The average Bonchev–Trinajstić information content (AvgIpc) is 2.46. The molecule has 0 radical (unpaired) electrons. The van der Waals surface area contributed by atoms with Crippen molar-refractivity contribution in [2.75, 3.05) is 0 Å². The molecule has 0 bridgehead atoms. The first-order chi connectivity index (χ1) is 9.95. The summed E-state index contributed by atoms with van der Waals surface area (Å²) in [5.74, 6) is 0.187. The fraction of sp³-hybridized carbons (Fsp3) is 0.0714. The molecule has 106 valence electrons. The maximum Gasteiger partial charge on any atom is 0.416 e. The topological polar surface area (TPSA) is 38.7 Å². The molecule has 0 aliphatic rings. The number of rotatable bonds is 1. The molecule has 3 aromatic rings. The Bertz CT molecular complexity index is 804. The number of hydrogen-bond acceptors (Lipinski definition) is 3. The highest BCUT2D eigenvalue weighted by Crippen LogP contribution is 2.32. The zero-order valence-electron chi connectivity index (χ0n) is 10.4. The van der Waals surface area contributed by atoms with Crippen molar-refractivity contribution in [2.45, 2.75) is 6.18 Å². The Morgan fingerprint density at radius 3 is 2.48 bits per heavy atom. The maximum atomic E-state index is 12.8.